The Morgan fingerprint density at radius 3 is 2.75 bits per heavy atom. The Morgan fingerprint density at radius 2 is 2.03 bits per heavy atom. The van der Waals surface area contributed by atoms with Gasteiger partial charge in [-0.3, -0.25) is 4.79 Å². The molecule has 1 fully saturated rings. The van der Waals surface area contributed by atoms with E-state index in [0.717, 1.165) is 48.7 Å². The van der Waals surface area contributed by atoms with Gasteiger partial charge in [-0.2, -0.15) is 0 Å². The quantitative estimate of drug-likeness (QED) is 0.430. The Balaban J connectivity index is 1.38. The van der Waals surface area contributed by atoms with Crippen LogP contribution in [-0.2, 0) is 17.6 Å². The van der Waals surface area contributed by atoms with Gasteiger partial charge in [0.25, 0.3) is 5.91 Å². The monoisotopic (exact) mass is 490 g/mol. The average Bonchev–Trinajstić information content (AvgIpc) is 3.61. The van der Waals surface area contributed by atoms with Crippen LogP contribution in [-0.4, -0.2) is 54.6 Å². The van der Waals surface area contributed by atoms with Crippen molar-refractivity contribution in [2.24, 2.45) is 5.92 Å². The van der Waals surface area contributed by atoms with Crippen LogP contribution in [0, 0.1) is 11.7 Å². The fourth-order valence-electron chi connectivity index (χ4n) is 4.59. The number of hydrogen-bond donors (Lipinski definition) is 0. The molecule has 0 unspecified atom stereocenters. The summed E-state index contributed by atoms with van der Waals surface area (Å²) in [4.78, 5) is 25.9. The summed E-state index contributed by atoms with van der Waals surface area (Å²) < 4.78 is 25.3. The first-order valence-corrected chi connectivity index (χ1v) is 12.4. The maximum Gasteiger partial charge on any atom is 0.260 e. The highest BCUT2D eigenvalue weighted by Crippen LogP contribution is 2.37. The van der Waals surface area contributed by atoms with E-state index in [0.29, 0.717) is 23.1 Å². The second-order valence-electron chi connectivity index (χ2n) is 9.40. The summed E-state index contributed by atoms with van der Waals surface area (Å²) in [5, 5.41) is 0. The first-order valence-electron chi connectivity index (χ1n) is 12.4. The summed E-state index contributed by atoms with van der Waals surface area (Å²) in [7, 11) is 3.27. The third-order valence-electron chi connectivity index (χ3n) is 6.80. The van der Waals surface area contributed by atoms with Crippen LogP contribution in [0.3, 0.4) is 0 Å². The lowest BCUT2D eigenvalue weighted by atomic mass is 10.1. The number of likely N-dealkylation sites (N-methyl/N-ethyl adjacent to an activating group) is 1. The van der Waals surface area contributed by atoms with Crippen molar-refractivity contribution in [1.29, 1.82) is 0 Å². The van der Waals surface area contributed by atoms with Gasteiger partial charge in [-0.1, -0.05) is 13.0 Å². The van der Waals surface area contributed by atoms with Crippen molar-refractivity contribution in [3.63, 3.8) is 0 Å². The van der Waals surface area contributed by atoms with Crippen molar-refractivity contribution in [3.8, 4) is 22.9 Å². The lowest BCUT2D eigenvalue weighted by Crippen LogP contribution is -2.33. The number of carbonyl (C=O) groups is 1. The molecule has 7 nitrogen and oxygen atoms in total. The number of methoxy groups -OCH3 is 1. The Bertz CT molecular complexity index is 1280. The number of carbonyl (C=O) groups excluding carboxylic acids is 1. The van der Waals surface area contributed by atoms with Gasteiger partial charge in [-0.15, -0.1) is 0 Å². The molecule has 0 spiro atoms. The number of fused-ring (bicyclic) bond motifs is 1. The molecule has 1 saturated carbocycles. The minimum Gasteiger partial charge on any atom is -0.494 e. The van der Waals surface area contributed by atoms with Gasteiger partial charge < -0.3 is 19.3 Å². The number of aryl methyl sites for hydroxylation is 1. The van der Waals surface area contributed by atoms with Crippen LogP contribution < -0.4 is 14.4 Å². The molecule has 2 heterocycles. The van der Waals surface area contributed by atoms with Gasteiger partial charge in [-0.05, 0) is 61.9 Å². The molecule has 188 valence electrons. The molecular weight excluding hydrogens is 459 g/mol. The van der Waals surface area contributed by atoms with Gasteiger partial charge in [0.15, 0.2) is 24.0 Å². The molecule has 2 aromatic carbocycles. The number of nitrogens with zero attached hydrogens (tertiary/aromatic N) is 4. The zero-order valence-electron chi connectivity index (χ0n) is 21.0. The second kappa shape index (κ2) is 10.1. The van der Waals surface area contributed by atoms with E-state index in [1.54, 1.807) is 17.0 Å². The zero-order chi connectivity index (χ0) is 25.2. The van der Waals surface area contributed by atoms with Crippen molar-refractivity contribution in [2.75, 3.05) is 38.8 Å². The molecule has 0 bridgehead atoms. The van der Waals surface area contributed by atoms with E-state index in [-0.39, 0.29) is 18.3 Å². The average molecular weight is 491 g/mol. The summed E-state index contributed by atoms with van der Waals surface area (Å²) in [5.74, 6) is 2.31. The van der Waals surface area contributed by atoms with Crippen LogP contribution in [0.25, 0.3) is 11.4 Å². The minimum atomic E-state index is -0.448. The van der Waals surface area contributed by atoms with Crippen LogP contribution in [0.15, 0.2) is 42.5 Å². The normalized spacial score (nSPS) is 14.5. The van der Waals surface area contributed by atoms with Gasteiger partial charge in [0, 0.05) is 48.7 Å². The molecule has 0 radical (unpaired) electrons. The Kier molecular flexibility index (Phi) is 6.76. The number of aromatic nitrogens is 2. The number of amides is 1. The number of anilines is 2. The van der Waals surface area contributed by atoms with Crippen molar-refractivity contribution in [1.82, 2.24) is 14.9 Å². The molecule has 36 heavy (non-hydrogen) atoms. The van der Waals surface area contributed by atoms with E-state index in [1.165, 1.54) is 26.0 Å². The molecule has 3 aromatic rings. The van der Waals surface area contributed by atoms with Crippen molar-refractivity contribution >= 4 is 17.4 Å². The van der Waals surface area contributed by atoms with E-state index in [2.05, 4.69) is 11.8 Å². The molecule has 0 saturated heterocycles. The first kappa shape index (κ1) is 24.0. The molecular formula is C28H31FN4O3. The lowest BCUT2D eigenvalue weighted by molar-refractivity contribution is -0.132. The number of hydrogen-bond acceptors (Lipinski definition) is 6. The predicted molar refractivity (Wildman–Crippen MR) is 136 cm³/mol. The number of benzene rings is 2. The fourth-order valence-corrected chi connectivity index (χ4v) is 4.59. The van der Waals surface area contributed by atoms with E-state index in [9.17, 15) is 9.18 Å². The van der Waals surface area contributed by atoms with Crippen molar-refractivity contribution in [3.05, 3.63) is 59.5 Å². The first-order chi connectivity index (χ1) is 17.5. The molecule has 8 heteroatoms. The van der Waals surface area contributed by atoms with Crippen LogP contribution in [0.1, 0.15) is 31.0 Å². The third-order valence-corrected chi connectivity index (χ3v) is 6.80. The Hall–Kier alpha value is -3.68. The summed E-state index contributed by atoms with van der Waals surface area (Å²) in [6.45, 7) is 3.63. The van der Waals surface area contributed by atoms with Crippen LogP contribution in [0.5, 0.6) is 11.5 Å². The molecule has 1 aromatic heterocycles. The van der Waals surface area contributed by atoms with Crippen molar-refractivity contribution in [2.45, 2.75) is 32.6 Å². The summed E-state index contributed by atoms with van der Waals surface area (Å²) in [5.41, 5.74) is 3.60. The molecule has 1 aliphatic heterocycles. The molecule has 0 atom stereocenters. The molecule has 1 amide bonds. The Labute approximate surface area is 210 Å². The SMILES string of the molecule is CCc1nc(-c2ccc(OC)c(F)c2)nc2c1CCN2c1cccc(OCC(=O)N(C)CC2CC2)c1. The van der Waals surface area contributed by atoms with E-state index >= 15 is 0 Å². The Morgan fingerprint density at radius 1 is 1.19 bits per heavy atom. The van der Waals surface area contributed by atoms with Crippen LogP contribution in [0.2, 0.25) is 0 Å². The molecule has 1 aliphatic carbocycles. The zero-order valence-corrected chi connectivity index (χ0v) is 21.0. The second-order valence-corrected chi connectivity index (χ2v) is 9.40. The highest BCUT2D eigenvalue weighted by atomic mass is 19.1. The topological polar surface area (TPSA) is 67.8 Å². The van der Waals surface area contributed by atoms with E-state index < -0.39 is 5.82 Å². The van der Waals surface area contributed by atoms with Crippen LogP contribution >= 0.6 is 0 Å². The standard InChI is InChI=1S/C28H31FN4O3/c1-4-24-22-12-13-33(28(22)31-27(30-24)19-10-11-25(35-3)23(29)14-19)20-6-5-7-21(15-20)36-17-26(34)32(2)16-18-8-9-18/h5-7,10-11,14-15,18H,4,8-9,12-13,16-17H2,1-3H3. The predicted octanol–water partition coefficient (Wildman–Crippen LogP) is 4.80. The van der Waals surface area contributed by atoms with E-state index in [1.807, 2.05) is 31.3 Å². The lowest BCUT2D eigenvalue weighted by Gasteiger charge is -2.21. The maximum absolute atomic E-state index is 14.4. The summed E-state index contributed by atoms with van der Waals surface area (Å²) in [6.07, 6.45) is 3.99. The van der Waals surface area contributed by atoms with Gasteiger partial charge in [-0.25, -0.2) is 14.4 Å². The number of ether oxygens (including phenoxy) is 2. The summed E-state index contributed by atoms with van der Waals surface area (Å²) >= 11 is 0. The molecule has 5 rings (SSSR count). The van der Waals surface area contributed by atoms with Gasteiger partial charge in [0.05, 0.1) is 7.11 Å². The smallest absolute Gasteiger partial charge is 0.260 e. The largest absolute Gasteiger partial charge is 0.494 e. The maximum atomic E-state index is 14.4. The highest BCUT2D eigenvalue weighted by Gasteiger charge is 2.27. The number of rotatable bonds is 9. The minimum absolute atomic E-state index is 0.0125. The van der Waals surface area contributed by atoms with Crippen molar-refractivity contribution < 1.29 is 18.7 Å². The molecule has 0 N–H and O–H groups in total. The highest BCUT2D eigenvalue weighted by molar-refractivity contribution is 5.77. The van der Waals surface area contributed by atoms with Gasteiger partial charge in [0.2, 0.25) is 0 Å². The van der Waals surface area contributed by atoms with Gasteiger partial charge >= 0.3 is 0 Å². The van der Waals surface area contributed by atoms with Crippen LogP contribution in [0.4, 0.5) is 15.9 Å². The van der Waals surface area contributed by atoms with E-state index in [4.69, 9.17) is 19.4 Å². The summed E-state index contributed by atoms with van der Waals surface area (Å²) in [6, 6.07) is 12.5. The number of halogens is 1. The van der Waals surface area contributed by atoms with Gasteiger partial charge in [0.1, 0.15) is 11.6 Å². The molecule has 2 aliphatic rings. The third kappa shape index (κ3) is 4.98. The fraction of sp³-hybridized carbons (Fsp3) is 0.393.